The van der Waals surface area contributed by atoms with E-state index in [1.807, 2.05) is 60.7 Å². The van der Waals surface area contributed by atoms with Crippen LogP contribution in [0, 0.1) is 0 Å². The maximum atomic E-state index is 13.8. The molecule has 2 amide bonds. The lowest BCUT2D eigenvalue weighted by atomic mass is 10.0. The van der Waals surface area contributed by atoms with Gasteiger partial charge in [0.25, 0.3) is 0 Å². The van der Waals surface area contributed by atoms with Crippen molar-refractivity contribution < 1.29 is 18.0 Å². The number of hydrogen-bond acceptors (Lipinski definition) is 4. The van der Waals surface area contributed by atoms with Crippen LogP contribution in [0.1, 0.15) is 11.1 Å². The molecule has 7 nitrogen and oxygen atoms in total. The normalized spacial score (nSPS) is 12.0. The number of amides is 2. The molecule has 0 aliphatic heterocycles. The molecule has 0 aliphatic carbocycles. The lowest BCUT2D eigenvalue weighted by molar-refractivity contribution is -0.139. The van der Waals surface area contributed by atoms with Crippen LogP contribution in [-0.4, -0.2) is 51.0 Å². The summed E-state index contributed by atoms with van der Waals surface area (Å²) < 4.78 is 27.0. The van der Waals surface area contributed by atoms with Crippen LogP contribution >= 0.6 is 15.9 Å². The van der Waals surface area contributed by atoms with E-state index in [-0.39, 0.29) is 18.9 Å². The molecule has 0 fully saturated rings. The summed E-state index contributed by atoms with van der Waals surface area (Å²) in [6, 6.07) is 24.7. The van der Waals surface area contributed by atoms with Gasteiger partial charge in [-0.2, -0.15) is 0 Å². The van der Waals surface area contributed by atoms with Crippen LogP contribution in [0.15, 0.2) is 89.4 Å². The van der Waals surface area contributed by atoms with Gasteiger partial charge < -0.3 is 10.2 Å². The fourth-order valence-corrected chi connectivity index (χ4v) is 5.23. The van der Waals surface area contributed by atoms with E-state index in [1.165, 1.54) is 11.9 Å². The molecule has 3 aromatic rings. The molecule has 1 N–H and O–H groups in total. The highest BCUT2D eigenvalue weighted by Crippen LogP contribution is 2.28. The molecule has 0 spiro atoms. The highest BCUT2D eigenvalue weighted by Gasteiger charge is 2.32. The molecule has 0 heterocycles. The first-order valence-electron chi connectivity index (χ1n) is 11.0. The summed E-state index contributed by atoms with van der Waals surface area (Å²) in [4.78, 5) is 28.2. The molecule has 35 heavy (non-hydrogen) atoms. The van der Waals surface area contributed by atoms with Crippen molar-refractivity contribution in [1.82, 2.24) is 10.2 Å². The molecule has 1 atom stereocenters. The van der Waals surface area contributed by atoms with Crippen molar-refractivity contribution in [3.63, 3.8) is 0 Å². The van der Waals surface area contributed by atoms with Gasteiger partial charge in [0.05, 0.1) is 11.9 Å². The summed E-state index contributed by atoms with van der Waals surface area (Å²) in [6.07, 6.45) is 1.34. The number of anilines is 1. The van der Waals surface area contributed by atoms with E-state index in [4.69, 9.17) is 0 Å². The second kappa shape index (κ2) is 12.0. The summed E-state index contributed by atoms with van der Waals surface area (Å²) in [7, 11) is -2.27. The topological polar surface area (TPSA) is 86.8 Å². The first-order valence-corrected chi connectivity index (χ1v) is 13.7. The van der Waals surface area contributed by atoms with Gasteiger partial charge in [0, 0.05) is 24.5 Å². The number of likely N-dealkylation sites (N-methyl/N-ethyl adjacent to an activating group) is 1. The highest BCUT2D eigenvalue weighted by molar-refractivity contribution is 9.10. The second-order valence-corrected chi connectivity index (χ2v) is 10.8. The molecule has 3 rings (SSSR count). The van der Waals surface area contributed by atoms with Gasteiger partial charge in [0.1, 0.15) is 12.6 Å². The monoisotopic (exact) mass is 557 g/mol. The highest BCUT2D eigenvalue weighted by atomic mass is 79.9. The number of halogens is 1. The third-order valence-electron chi connectivity index (χ3n) is 5.51. The fraction of sp³-hybridized carbons (Fsp3) is 0.231. The van der Waals surface area contributed by atoms with Gasteiger partial charge >= 0.3 is 0 Å². The van der Waals surface area contributed by atoms with Crippen molar-refractivity contribution in [3.8, 4) is 0 Å². The maximum Gasteiger partial charge on any atom is 0.244 e. The van der Waals surface area contributed by atoms with Gasteiger partial charge in [-0.1, -0.05) is 72.8 Å². The smallest absolute Gasteiger partial charge is 0.244 e. The van der Waals surface area contributed by atoms with Gasteiger partial charge in [-0.15, -0.1) is 0 Å². The van der Waals surface area contributed by atoms with Gasteiger partial charge in [0.15, 0.2) is 0 Å². The molecule has 3 aromatic carbocycles. The number of nitrogens with zero attached hydrogens (tertiary/aromatic N) is 2. The predicted octanol–water partition coefficient (Wildman–Crippen LogP) is 3.60. The standard InChI is InChI=1S/C26H28BrN3O4S/c1-28-26(32)24(17-20-11-5-3-6-12-20)29(18-21-13-7-4-8-14-21)25(31)19-30(35(2,33)34)23-16-10-9-15-22(23)27/h3-16,24H,17-19H2,1-2H3,(H,28,32)/t24-/m1/s1. The van der Waals surface area contributed by atoms with Crippen LogP contribution in [-0.2, 0) is 32.6 Å². The lowest BCUT2D eigenvalue weighted by Crippen LogP contribution is -2.52. The summed E-state index contributed by atoms with van der Waals surface area (Å²) in [5.74, 6) is -0.815. The Hall–Kier alpha value is -3.17. The van der Waals surface area contributed by atoms with Crippen molar-refractivity contribution in [1.29, 1.82) is 0 Å². The minimum absolute atomic E-state index is 0.151. The minimum atomic E-state index is -3.80. The average molecular weight is 558 g/mol. The van der Waals surface area contributed by atoms with E-state index in [0.717, 1.165) is 21.7 Å². The van der Waals surface area contributed by atoms with Crippen molar-refractivity contribution in [2.24, 2.45) is 0 Å². The van der Waals surface area contributed by atoms with Crippen LogP contribution in [0.25, 0.3) is 0 Å². The van der Waals surface area contributed by atoms with E-state index in [9.17, 15) is 18.0 Å². The summed E-state index contributed by atoms with van der Waals surface area (Å²) in [6.45, 7) is -0.297. The van der Waals surface area contributed by atoms with E-state index < -0.39 is 28.5 Å². The van der Waals surface area contributed by atoms with Crippen molar-refractivity contribution >= 4 is 43.5 Å². The Morgan fingerprint density at radius 3 is 1.97 bits per heavy atom. The van der Waals surface area contributed by atoms with Crippen LogP contribution in [0.4, 0.5) is 5.69 Å². The quantitative estimate of drug-likeness (QED) is 0.412. The Kier molecular flexibility index (Phi) is 9.06. The van der Waals surface area contributed by atoms with Crippen molar-refractivity contribution in [2.45, 2.75) is 19.0 Å². The molecule has 0 aromatic heterocycles. The number of rotatable bonds is 10. The van der Waals surface area contributed by atoms with E-state index in [1.54, 1.807) is 24.3 Å². The Morgan fingerprint density at radius 1 is 0.886 bits per heavy atom. The molecule has 0 saturated carbocycles. The largest absolute Gasteiger partial charge is 0.357 e. The molecule has 9 heteroatoms. The molecular formula is C26H28BrN3O4S. The van der Waals surface area contributed by atoms with Gasteiger partial charge in [-0.3, -0.25) is 13.9 Å². The molecule has 0 bridgehead atoms. The number of hydrogen-bond donors (Lipinski definition) is 1. The predicted molar refractivity (Wildman–Crippen MR) is 141 cm³/mol. The number of carbonyl (C=O) groups excluding carboxylic acids is 2. The Labute approximate surface area is 214 Å². The SMILES string of the molecule is CNC(=O)[C@@H](Cc1ccccc1)N(Cc1ccccc1)C(=O)CN(c1ccccc1Br)S(C)(=O)=O. The van der Waals surface area contributed by atoms with E-state index >= 15 is 0 Å². The third kappa shape index (κ3) is 7.16. The summed E-state index contributed by atoms with van der Waals surface area (Å²) in [5.41, 5.74) is 2.06. The van der Waals surface area contributed by atoms with E-state index in [0.29, 0.717) is 10.2 Å². The lowest BCUT2D eigenvalue weighted by Gasteiger charge is -2.33. The Morgan fingerprint density at radius 2 is 1.43 bits per heavy atom. The average Bonchev–Trinajstić information content (AvgIpc) is 2.85. The molecule has 184 valence electrons. The van der Waals surface area contributed by atoms with Gasteiger partial charge in [-0.05, 0) is 39.2 Å². The molecule has 0 aliphatic rings. The van der Waals surface area contributed by atoms with Crippen LogP contribution in [0.5, 0.6) is 0 Å². The van der Waals surface area contributed by atoms with Gasteiger partial charge in [0.2, 0.25) is 21.8 Å². The zero-order valence-electron chi connectivity index (χ0n) is 19.6. The number of para-hydroxylation sites is 1. The number of carbonyl (C=O) groups is 2. The third-order valence-corrected chi connectivity index (χ3v) is 7.31. The minimum Gasteiger partial charge on any atom is -0.357 e. The van der Waals surface area contributed by atoms with Crippen LogP contribution < -0.4 is 9.62 Å². The number of nitrogens with one attached hydrogen (secondary N) is 1. The maximum absolute atomic E-state index is 13.8. The molecule has 0 radical (unpaired) electrons. The Bertz CT molecular complexity index is 1250. The number of benzene rings is 3. The van der Waals surface area contributed by atoms with E-state index in [2.05, 4.69) is 21.2 Å². The molecule has 0 unspecified atom stereocenters. The summed E-state index contributed by atoms with van der Waals surface area (Å²) >= 11 is 3.38. The van der Waals surface area contributed by atoms with Crippen molar-refractivity contribution in [2.75, 3.05) is 24.2 Å². The first kappa shape index (κ1) is 26.4. The zero-order valence-corrected chi connectivity index (χ0v) is 22.0. The zero-order chi connectivity index (χ0) is 25.4. The molecule has 0 saturated heterocycles. The van der Waals surface area contributed by atoms with Crippen LogP contribution in [0.3, 0.4) is 0 Å². The Balaban J connectivity index is 2.01. The van der Waals surface area contributed by atoms with Crippen LogP contribution in [0.2, 0.25) is 0 Å². The number of sulfonamides is 1. The van der Waals surface area contributed by atoms with Gasteiger partial charge in [-0.25, -0.2) is 8.42 Å². The van der Waals surface area contributed by atoms with Crippen molar-refractivity contribution in [3.05, 3.63) is 101 Å². The molecular weight excluding hydrogens is 530 g/mol. The summed E-state index contributed by atoms with van der Waals surface area (Å²) in [5, 5.41) is 2.66. The first-order chi connectivity index (χ1) is 16.7. The second-order valence-electron chi connectivity index (χ2n) is 8.05. The fourth-order valence-electron chi connectivity index (χ4n) is 3.75.